The lowest BCUT2D eigenvalue weighted by Crippen LogP contribution is -2.53. The lowest BCUT2D eigenvalue weighted by Gasteiger charge is -2.41. The van der Waals surface area contributed by atoms with Crippen molar-refractivity contribution in [1.82, 2.24) is 9.88 Å². The number of carbonyl (C=O) groups is 2. The summed E-state index contributed by atoms with van der Waals surface area (Å²) in [5, 5.41) is 0. The van der Waals surface area contributed by atoms with Gasteiger partial charge in [-0.1, -0.05) is 30.3 Å². The van der Waals surface area contributed by atoms with E-state index in [2.05, 4.69) is 17.1 Å². The number of benzene rings is 1. The molecule has 140 valence electrons. The Labute approximate surface area is 159 Å². The van der Waals surface area contributed by atoms with E-state index in [4.69, 9.17) is 5.73 Å². The maximum atomic E-state index is 12.6. The number of nitrogens with zero attached hydrogens (tertiary/aromatic N) is 2. The molecule has 2 fully saturated rings. The molecule has 1 saturated carbocycles. The molecule has 27 heavy (non-hydrogen) atoms. The first-order valence-electron chi connectivity index (χ1n) is 9.66. The van der Waals surface area contributed by atoms with E-state index in [1.165, 1.54) is 0 Å². The Hall–Kier alpha value is -2.69. The van der Waals surface area contributed by atoms with Gasteiger partial charge >= 0.3 is 0 Å². The van der Waals surface area contributed by atoms with Crippen LogP contribution in [0.15, 0.2) is 48.8 Å². The summed E-state index contributed by atoms with van der Waals surface area (Å²) in [6, 6.07) is 12.0. The number of piperidine rings is 1. The topological polar surface area (TPSA) is 76.3 Å². The average molecular weight is 363 g/mol. The third-order valence-corrected chi connectivity index (χ3v) is 5.86. The molecule has 2 N–H and O–H groups in total. The molecule has 5 nitrogen and oxygen atoms in total. The standard InChI is InChI=1S/C22H25N3O2/c23-21(27)22(10-4-12-25(15-22)20(26)16-8-9-16)13-17-5-1-2-7-19(17)18-6-3-11-24-14-18/h1-3,5-7,11,14,16H,4,8-10,12-13,15H2,(H2,23,27). The van der Waals surface area contributed by atoms with Gasteiger partial charge < -0.3 is 10.6 Å². The summed E-state index contributed by atoms with van der Waals surface area (Å²) in [7, 11) is 0. The Morgan fingerprint density at radius 1 is 1.19 bits per heavy atom. The molecule has 2 amide bonds. The van der Waals surface area contributed by atoms with E-state index in [0.29, 0.717) is 13.0 Å². The molecule has 1 aliphatic carbocycles. The van der Waals surface area contributed by atoms with E-state index in [-0.39, 0.29) is 17.7 Å². The van der Waals surface area contributed by atoms with E-state index in [9.17, 15) is 9.59 Å². The zero-order chi connectivity index (χ0) is 18.9. The second-order valence-corrected chi connectivity index (χ2v) is 7.86. The Morgan fingerprint density at radius 3 is 2.70 bits per heavy atom. The number of hydrogen-bond donors (Lipinski definition) is 1. The number of hydrogen-bond acceptors (Lipinski definition) is 3. The molecule has 1 unspecified atom stereocenters. The van der Waals surface area contributed by atoms with Crippen molar-refractivity contribution >= 4 is 11.8 Å². The molecule has 1 saturated heterocycles. The van der Waals surface area contributed by atoms with Gasteiger partial charge in [0, 0.05) is 37.0 Å². The van der Waals surface area contributed by atoms with Crippen molar-refractivity contribution in [2.45, 2.75) is 32.1 Å². The zero-order valence-electron chi connectivity index (χ0n) is 15.4. The van der Waals surface area contributed by atoms with Gasteiger partial charge in [-0.05, 0) is 49.3 Å². The van der Waals surface area contributed by atoms with E-state index in [0.717, 1.165) is 48.9 Å². The van der Waals surface area contributed by atoms with Crippen LogP contribution in [0.4, 0.5) is 0 Å². The van der Waals surface area contributed by atoms with E-state index in [1.807, 2.05) is 35.4 Å². The van der Waals surface area contributed by atoms with Gasteiger partial charge in [0.05, 0.1) is 5.41 Å². The van der Waals surface area contributed by atoms with Crippen molar-refractivity contribution in [2.75, 3.05) is 13.1 Å². The van der Waals surface area contributed by atoms with Crippen LogP contribution in [0.2, 0.25) is 0 Å². The minimum Gasteiger partial charge on any atom is -0.369 e. The van der Waals surface area contributed by atoms with E-state index < -0.39 is 5.41 Å². The quantitative estimate of drug-likeness (QED) is 0.887. The fourth-order valence-corrected chi connectivity index (χ4v) is 4.18. The predicted molar refractivity (Wildman–Crippen MR) is 104 cm³/mol. The SMILES string of the molecule is NC(=O)C1(Cc2ccccc2-c2cccnc2)CCCN(C(=O)C2CC2)C1. The van der Waals surface area contributed by atoms with Crippen LogP contribution in [0.3, 0.4) is 0 Å². The van der Waals surface area contributed by atoms with Gasteiger partial charge in [0.25, 0.3) is 0 Å². The number of nitrogens with two attached hydrogens (primary N) is 1. The van der Waals surface area contributed by atoms with Crippen LogP contribution in [0.5, 0.6) is 0 Å². The second-order valence-electron chi connectivity index (χ2n) is 7.86. The van der Waals surface area contributed by atoms with Gasteiger partial charge in [-0.15, -0.1) is 0 Å². The molecule has 1 atom stereocenters. The maximum Gasteiger partial charge on any atom is 0.225 e. The van der Waals surface area contributed by atoms with Crippen LogP contribution in [-0.2, 0) is 16.0 Å². The largest absolute Gasteiger partial charge is 0.369 e. The summed E-state index contributed by atoms with van der Waals surface area (Å²) in [6.07, 6.45) is 7.61. The van der Waals surface area contributed by atoms with Crippen molar-refractivity contribution in [3.63, 3.8) is 0 Å². The van der Waals surface area contributed by atoms with Gasteiger partial charge in [-0.25, -0.2) is 0 Å². The average Bonchev–Trinajstić information content (AvgIpc) is 3.54. The summed E-state index contributed by atoms with van der Waals surface area (Å²) < 4.78 is 0. The zero-order valence-corrected chi connectivity index (χ0v) is 15.4. The highest BCUT2D eigenvalue weighted by atomic mass is 16.2. The Bertz CT molecular complexity index is 848. The molecule has 0 spiro atoms. The summed E-state index contributed by atoms with van der Waals surface area (Å²) in [5.74, 6) is 0.0500. The van der Waals surface area contributed by atoms with Crippen LogP contribution in [0, 0.1) is 11.3 Å². The minimum atomic E-state index is -0.707. The normalized spacial score (nSPS) is 22.4. The van der Waals surface area contributed by atoms with Gasteiger partial charge in [0.15, 0.2) is 0 Å². The van der Waals surface area contributed by atoms with Crippen molar-refractivity contribution in [3.8, 4) is 11.1 Å². The van der Waals surface area contributed by atoms with Crippen LogP contribution >= 0.6 is 0 Å². The maximum absolute atomic E-state index is 12.6. The third kappa shape index (κ3) is 3.59. The Kier molecular flexibility index (Phi) is 4.68. The summed E-state index contributed by atoms with van der Waals surface area (Å²) in [5.41, 5.74) is 8.36. The molecule has 1 aliphatic heterocycles. The number of primary amides is 1. The molecular formula is C22H25N3O2. The van der Waals surface area contributed by atoms with Crippen LogP contribution in [0.25, 0.3) is 11.1 Å². The van der Waals surface area contributed by atoms with Crippen molar-refractivity contribution < 1.29 is 9.59 Å². The fraction of sp³-hybridized carbons (Fsp3) is 0.409. The monoisotopic (exact) mass is 363 g/mol. The second kappa shape index (κ2) is 7.14. The molecule has 2 aromatic rings. The van der Waals surface area contributed by atoms with Gasteiger partial charge in [-0.2, -0.15) is 0 Å². The fourth-order valence-electron chi connectivity index (χ4n) is 4.18. The Morgan fingerprint density at radius 2 is 2.00 bits per heavy atom. The van der Waals surface area contributed by atoms with Gasteiger partial charge in [0.1, 0.15) is 0 Å². The third-order valence-electron chi connectivity index (χ3n) is 5.86. The Balaban J connectivity index is 1.64. The predicted octanol–water partition coefficient (Wildman–Crippen LogP) is 2.80. The first kappa shape index (κ1) is 17.7. The van der Waals surface area contributed by atoms with Crippen LogP contribution < -0.4 is 5.73 Å². The highest BCUT2D eigenvalue weighted by Gasteiger charge is 2.44. The number of amides is 2. The van der Waals surface area contributed by atoms with Crippen LogP contribution in [0.1, 0.15) is 31.2 Å². The number of pyridine rings is 1. The summed E-state index contributed by atoms with van der Waals surface area (Å²) in [4.78, 5) is 31.2. The van der Waals surface area contributed by atoms with Gasteiger partial charge in [-0.3, -0.25) is 14.6 Å². The molecule has 2 aliphatic rings. The molecule has 4 rings (SSSR count). The first-order chi connectivity index (χ1) is 13.1. The number of carbonyl (C=O) groups excluding carboxylic acids is 2. The highest BCUT2D eigenvalue weighted by molar-refractivity contribution is 5.85. The number of rotatable bonds is 5. The lowest BCUT2D eigenvalue weighted by molar-refractivity contribution is -0.140. The van der Waals surface area contributed by atoms with Gasteiger partial charge in [0.2, 0.25) is 11.8 Å². The van der Waals surface area contributed by atoms with E-state index in [1.54, 1.807) is 6.20 Å². The smallest absolute Gasteiger partial charge is 0.225 e. The molecular weight excluding hydrogens is 338 g/mol. The van der Waals surface area contributed by atoms with E-state index >= 15 is 0 Å². The molecule has 1 aromatic carbocycles. The van der Waals surface area contributed by atoms with Crippen molar-refractivity contribution in [3.05, 3.63) is 54.4 Å². The van der Waals surface area contributed by atoms with Crippen molar-refractivity contribution in [1.29, 1.82) is 0 Å². The van der Waals surface area contributed by atoms with Crippen molar-refractivity contribution in [2.24, 2.45) is 17.1 Å². The number of aromatic nitrogens is 1. The summed E-state index contributed by atoms with van der Waals surface area (Å²) in [6.45, 7) is 1.16. The first-order valence-corrected chi connectivity index (χ1v) is 9.66. The summed E-state index contributed by atoms with van der Waals surface area (Å²) >= 11 is 0. The lowest BCUT2D eigenvalue weighted by atomic mass is 9.73. The molecule has 0 radical (unpaired) electrons. The highest BCUT2D eigenvalue weighted by Crippen LogP contribution is 2.39. The van der Waals surface area contributed by atoms with Crippen LogP contribution in [-0.4, -0.2) is 34.8 Å². The molecule has 5 heteroatoms. The number of likely N-dealkylation sites (tertiary alicyclic amines) is 1. The molecule has 2 heterocycles. The molecule has 1 aromatic heterocycles. The minimum absolute atomic E-state index is 0.163. The molecule has 0 bridgehead atoms.